The summed E-state index contributed by atoms with van der Waals surface area (Å²) in [5.41, 5.74) is 1.73. The molecule has 182 valence electrons. The number of esters is 1. The number of nitrogens with zero attached hydrogens (tertiary/aromatic N) is 1. The minimum Gasteiger partial charge on any atom is -0.511 e. The Bertz CT molecular complexity index is 1020. The second-order valence-electron chi connectivity index (χ2n) is 8.72. The first-order valence-electron chi connectivity index (χ1n) is 11.6. The summed E-state index contributed by atoms with van der Waals surface area (Å²) in [4.78, 5) is 18.7. The quantitative estimate of drug-likeness (QED) is 0.324. The van der Waals surface area contributed by atoms with Crippen LogP contribution in [0.15, 0.2) is 81.7 Å². The maximum Gasteiger partial charge on any atom is 0.342 e. The number of benzene rings is 1. The van der Waals surface area contributed by atoms with Crippen LogP contribution in [-0.4, -0.2) is 34.1 Å². The number of carbonyl (C=O) groups is 1. The lowest BCUT2D eigenvalue weighted by Crippen LogP contribution is -2.32. The average molecular weight is 486 g/mol. The van der Waals surface area contributed by atoms with E-state index in [9.17, 15) is 15.0 Å². The van der Waals surface area contributed by atoms with E-state index in [0.717, 1.165) is 18.4 Å². The monoisotopic (exact) mass is 485 g/mol. The Balaban J connectivity index is 1.97. The number of oxime groups is 1. The summed E-state index contributed by atoms with van der Waals surface area (Å²) in [5.74, 6) is -1.66. The van der Waals surface area contributed by atoms with E-state index in [1.54, 1.807) is 6.92 Å². The summed E-state index contributed by atoms with van der Waals surface area (Å²) in [6.07, 6.45) is 8.02. The lowest BCUT2D eigenvalue weighted by Gasteiger charge is -2.29. The zero-order valence-corrected chi connectivity index (χ0v) is 20.5. The molecule has 0 fully saturated rings. The third-order valence-electron chi connectivity index (χ3n) is 6.11. The molecule has 0 bridgehead atoms. The van der Waals surface area contributed by atoms with Gasteiger partial charge in [0.05, 0.1) is 16.8 Å². The van der Waals surface area contributed by atoms with Crippen molar-refractivity contribution in [2.75, 3.05) is 0 Å². The topological polar surface area (TPSA) is 88.4 Å². The summed E-state index contributed by atoms with van der Waals surface area (Å²) >= 11 is 6.52. The first-order valence-corrected chi connectivity index (χ1v) is 11.9. The Hall–Kier alpha value is -2.83. The minimum absolute atomic E-state index is 0.00312. The van der Waals surface area contributed by atoms with E-state index in [0.29, 0.717) is 5.71 Å². The van der Waals surface area contributed by atoms with Crippen molar-refractivity contribution in [1.82, 2.24) is 0 Å². The minimum atomic E-state index is -1.14. The van der Waals surface area contributed by atoms with Gasteiger partial charge in [-0.2, -0.15) is 0 Å². The van der Waals surface area contributed by atoms with E-state index in [1.807, 2.05) is 62.4 Å². The van der Waals surface area contributed by atoms with Gasteiger partial charge >= 0.3 is 5.97 Å². The lowest BCUT2D eigenvalue weighted by atomic mass is 9.84. The van der Waals surface area contributed by atoms with Crippen molar-refractivity contribution in [2.45, 2.75) is 58.8 Å². The first kappa shape index (κ1) is 25.8. The molecule has 0 saturated heterocycles. The van der Waals surface area contributed by atoms with Gasteiger partial charge in [0.1, 0.15) is 24.0 Å². The Morgan fingerprint density at radius 3 is 2.59 bits per heavy atom. The van der Waals surface area contributed by atoms with Crippen LogP contribution in [0.25, 0.3) is 0 Å². The van der Waals surface area contributed by atoms with E-state index in [2.05, 4.69) is 11.2 Å². The van der Waals surface area contributed by atoms with E-state index >= 15 is 0 Å². The average Bonchev–Trinajstić information content (AvgIpc) is 2.82. The molecule has 1 unspecified atom stereocenters. The number of hydrogen-bond acceptors (Lipinski definition) is 6. The van der Waals surface area contributed by atoms with E-state index in [1.165, 1.54) is 0 Å². The van der Waals surface area contributed by atoms with Gasteiger partial charge in [-0.3, -0.25) is 0 Å². The highest BCUT2D eigenvalue weighted by molar-refractivity contribution is 6.31. The molecule has 1 heterocycles. The molecular formula is C27H32ClNO5. The normalized spacial score (nSPS) is 29.8. The van der Waals surface area contributed by atoms with Crippen LogP contribution >= 0.6 is 11.6 Å². The summed E-state index contributed by atoms with van der Waals surface area (Å²) in [7, 11) is 0. The number of ether oxygens (including phenoxy) is 1. The van der Waals surface area contributed by atoms with Crippen LogP contribution in [0.5, 0.6) is 0 Å². The molecule has 2 aliphatic rings. The van der Waals surface area contributed by atoms with Gasteiger partial charge in [0.2, 0.25) is 0 Å². The number of fused-ring (bicyclic) bond motifs is 1. The molecule has 0 aromatic heterocycles. The van der Waals surface area contributed by atoms with Crippen molar-refractivity contribution < 1.29 is 24.6 Å². The molecule has 1 aromatic carbocycles. The molecule has 1 aromatic rings. The number of hydrogen-bond donors (Lipinski definition) is 2. The fraction of sp³-hybridized carbons (Fsp3) is 0.407. The zero-order valence-electron chi connectivity index (χ0n) is 19.8. The molecule has 4 atom stereocenters. The molecule has 34 heavy (non-hydrogen) atoms. The Morgan fingerprint density at radius 2 is 1.85 bits per heavy atom. The maximum atomic E-state index is 13.2. The van der Waals surface area contributed by atoms with Crippen molar-refractivity contribution in [2.24, 2.45) is 17.0 Å². The maximum absolute atomic E-state index is 13.2. The summed E-state index contributed by atoms with van der Waals surface area (Å²) in [5, 5.41) is 25.8. The van der Waals surface area contributed by atoms with Gasteiger partial charge in [-0.05, 0) is 37.0 Å². The Labute approximate surface area is 205 Å². The summed E-state index contributed by atoms with van der Waals surface area (Å²) in [6, 6.07) is 9.64. The Morgan fingerprint density at radius 1 is 1.15 bits per heavy atom. The predicted molar refractivity (Wildman–Crippen MR) is 133 cm³/mol. The van der Waals surface area contributed by atoms with Gasteiger partial charge < -0.3 is 19.8 Å². The van der Waals surface area contributed by atoms with E-state index in [4.69, 9.17) is 21.2 Å². The number of aliphatic hydroxyl groups excluding tert-OH is 2. The summed E-state index contributed by atoms with van der Waals surface area (Å²) in [6.45, 7) is 5.67. The van der Waals surface area contributed by atoms with Gasteiger partial charge in [0.25, 0.3) is 0 Å². The molecule has 0 radical (unpaired) electrons. The van der Waals surface area contributed by atoms with Crippen LogP contribution in [-0.2, 0) is 21.0 Å². The van der Waals surface area contributed by atoms with Gasteiger partial charge in [0, 0.05) is 18.3 Å². The van der Waals surface area contributed by atoms with Crippen molar-refractivity contribution in [1.29, 1.82) is 0 Å². The van der Waals surface area contributed by atoms with Crippen LogP contribution < -0.4 is 0 Å². The highest BCUT2D eigenvalue weighted by Crippen LogP contribution is 2.38. The SMILES string of the molecule is C[C@@H]1C(O)=C2C(=O)O[C@H](C)[C@@H](C)/C=C/CC/C=C/C(=N\OCc3ccccc3)CC2=C(Cl)C1O. The van der Waals surface area contributed by atoms with Crippen LogP contribution in [0.2, 0.25) is 0 Å². The molecule has 0 saturated carbocycles. The van der Waals surface area contributed by atoms with E-state index < -0.39 is 24.1 Å². The van der Waals surface area contributed by atoms with Gasteiger partial charge in [0.15, 0.2) is 0 Å². The molecule has 1 aliphatic carbocycles. The van der Waals surface area contributed by atoms with Gasteiger partial charge in [-0.15, -0.1) is 0 Å². The third-order valence-corrected chi connectivity index (χ3v) is 6.56. The predicted octanol–water partition coefficient (Wildman–Crippen LogP) is 5.74. The molecule has 6 nitrogen and oxygen atoms in total. The molecule has 0 amide bonds. The fourth-order valence-corrected chi connectivity index (χ4v) is 4.08. The number of cyclic esters (lactones) is 1. The molecule has 1 aliphatic heterocycles. The Kier molecular flexibility index (Phi) is 9.13. The van der Waals surface area contributed by atoms with Gasteiger partial charge in [-0.1, -0.05) is 79.2 Å². The lowest BCUT2D eigenvalue weighted by molar-refractivity contribution is -0.145. The second kappa shape index (κ2) is 12.0. The van der Waals surface area contributed by atoms with Crippen molar-refractivity contribution in [3.63, 3.8) is 0 Å². The van der Waals surface area contributed by atoms with Crippen LogP contribution in [0.3, 0.4) is 0 Å². The number of aliphatic hydroxyl groups is 2. The number of halogens is 1. The molecule has 3 rings (SSSR count). The highest BCUT2D eigenvalue weighted by atomic mass is 35.5. The number of carbonyl (C=O) groups excluding carboxylic acids is 1. The number of allylic oxidation sites excluding steroid dienone is 3. The standard InChI is InChI=1S/C27H32ClNO5/c1-17-11-7-4-5-10-14-21(29-33-16-20-12-8-6-9-13-20)15-22-23(27(32)34-19(17)3)25(30)18(2)26(31)24(22)28/h6-14,17-19,26,30-31H,4-5,15-16H2,1-3H3/b11-7+,14-10+,29-21+/t17-,18+,19+,26?/m0/s1. The first-order chi connectivity index (χ1) is 16.3. The van der Waals surface area contributed by atoms with Gasteiger partial charge in [-0.25, -0.2) is 4.79 Å². The molecule has 0 spiro atoms. The van der Waals surface area contributed by atoms with Crippen molar-refractivity contribution in [3.8, 4) is 0 Å². The number of rotatable bonds is 3. The third kappa shape index (κ3) is 6.39. The molecule has 2 N–H and O–H groups in total. The van der Waals surface area contributed by atoms with E-state index in [-0.39, 0.29) is 40.9 Å². The van der Waals surface area contributed by atoms with Crippen LogP contribution in [0, 0.1) is 11.8 Å². The smallest absolute Gasteiger partial charge is 0.342 e. The highest BCUT2D eigenvalue weighted by Gasteiger charge is 2.38. The van der Waals surface area contributed by atoms with Crippen LogP contribution in [0.4, 0.5) is 0 Å². The summed E-state index contributed by atoms with van der Waals surface area (Å²) < 4.78 is 5.68. The fourth-order valence-electron chi connectivity index (χ4n) is 3.73. The van der Waals surface area contributed by atoms with Crippen LogP contribution in [0.1, 0.15) is 45.6 Å². The largest absolute Gasteiger partial charge is 0.511 e. The van der Waals surface area contributed by atoms with Crippen molar-refractivity contribution in [3.05, 3.63) is 82.1 Å². The molecular weight excluding hydrogens is 454 g/mol. The van der Waals surface area contributed by atoms with Crippen molar-refractivity contribution >= 4 is 23.3 Å². The second-order valence-corrected chi connectivity index (χ2v) is 9.12. The zero-order chi connectivity index (χ0) is 24.7. The molecule has 7 heteroatoms.